The van der Waals surface area contributed by atoms with Crippen LogP contribution in [0.4, 0.5) is 13.2 Å². The average Bonchev–Trinajstić information content (AvgIpc) is 2.52. The topological polar surface area (TPSA) is 84.5 Å². The quantitative estimate of drug-likeness (QED) is 0.624. The summed E-state index contributed by atoms with van der Waals surface area (Å²) in [6, 6.07) is 3.35. The number of aliphatic imine (C=N–C) groups is 1. The summed E-state index contributed by atoms with van der Waals surface area (Å²) in [7, 11) is -3.98. The number of guanidine groups is 1. The van der Waals surface area contributed by atoms with Gasteiger partial charge in [0.25, 0.3) is 0 Å². The Hall–Kier alpha value is -1.77. The third kappa shape index (κ3) is 5.62. The molecule has 1 fully saturated rings. The molecule has 1 aromatic carbocycles. The largest absolute Gasteiger partial charge is 0.417 e. The van der Waals surface area contributed by atoms with Crippen LogP contribution in [0.5, 0.6) is 0 Å². The lowest BCUT2D eigenvalue weighted by Crippen LogP contribution is -2.41. The molecule has 0 saturated heterocycles. The molecule has 3 N–H and O–H groups in total. The first-order chi connectivity index (χ1) is 11.6. The Morgan fingerprint density at radius 2 is 1.92 bits per heavy atom. The van der Waals surface area contributed by atoms with Crippen LogP contribution in [-0.2, 0) is 22.6 Å². The maximum Gasteiger partial charge on any atom is 0.417 e. The van der Waals surface area contributed by atoms with Gasteiger partial charge in [-0.3, -0.25) is 0 Å². The molecular weight excluding hydrogens is 355 g/mol. The standard InChI is InChI=1S/C16H22F3N3O2S/c1-25(23,24)14-8-7-11(9-13(14)16(17,18)19)10-21-15(20)22-12-5-3-2-4-6-12/h7-9,12H,2-6,10H2,1H3,(H3,20,21,22). The van der Waals surface area contributed by atoms with Crippen molar-refractivity contribution in [1.29, 1.82) is 0 Å². The Kier molecular flexibility index (Phi) is 5.97. The number of halogens is 3. The van der Waals surface area contributed by atoms with Crippen LogP contribution in [-0.4, -0.2) is 26.7 Å². The fourth-order valence-electron chi connectivity index (χ4n) is 2.90. The van der Waals surface area contributed by atoms with Gasteiger partial charge < -0.3 is 11.1 Å². The van der Waals surface area contributed by atoms with Crippen LogP contribution in [0.1, 0.15) is 43.2 Å². The van der Waals surface area contributed by atoms with Crippen LogP contribution in [0.3, 0.4) is 0 Å². The number of nitrogens with one attached hydrogen (secondary N) is 1. The van der Waals surface area contributed by atoms with Gasteiger partial charge in [0.1, 0.15) is 0 Å². The molecule has 0 amide bonds. The van der Waals surface area contributed by atoms with E-state index in [-0.39, 0.29) is 24.1 Å². The van der Waals surface area contributed by atoms with Crippen LogP contribution in [0.2, 0.25) is 0 Å². The SMILES string of the molecule is CS(=O)(=O)c1ccc(CN=C(N)NC2CCCCC2)cc1C(F)(F)F. The molecule has 25 heavy (non-hydrogen) atoms. The molecule has 0 aromatic heterocycles. The van der Waals surface area contributed by atoms with E-state index in [4.69, 9.17) is 5.73 Å². The highest BCUT2D eigenvalue weighted by atomic mass is 32.2. The number of hydrogen-bond donors (Lipinski definition) is 2. The van der Waals surface area contributed by atoms with Gasteiger partial charge in [-0.05, 0) is 30.5 Å². The predicted octanol–water partition coefficient (Wildman–Crippen LogP) is 2.85. The van der Waals surface area contributed by atoms with Crippen molar-refractivity contribution in [2.75, 3.05) is 6.26 Å². The van der Waals surface area contributed by atoms with E-state index in [1.807, 2.05) is 0 Å². The molecule has 1 aliphatic rings. The van der Waals surface area contributed by atoms with Crippen molar-refractivity contribution in [3.05, 3.63) is 29.3 Å². The minimum atomic E-state index is -4.76. The Bertz CT molecular complexity index is 739. The second kappa shape index (κ2) is 7.63. The minimum Gasteiger partial charge on any atom is -0.370 e. The summed E-state index contributed by atoms with van der Waals surface area (Å²) in [6.07, 6.45) is 1.42. The molecule has 0 atom stereocenters. The Labute approximate surface area is 145 Å². The van der Waals surface area contributed by atoms with Gasteiger partial charge in [0, 0.05) is 12.3 Å². The van der Waals surface area contributed by atoms with Crippen LogP contribution >= 0.6 is 0 Å². The summed E-state index contributed by atoms with van der Waals surface area (Å²) in [4.78, 5) is 3.33. The van der Waals surface area contributed by atoms with E-state index >= 15 is 0 Å². The molecule has 5 nitrogen and oxygen atoms in total. The molecule has 1 aromatic rings. The lowest BCUT2D eigenvalue weighted by molar-refractivity contribution is -0.139. The molecule has 0 heterocycles. The predicted molar refractivity (Wildman–Crippen MR) is 89.9 cm³/mol. The first-order valence-electron chi connectivity index (χ1n) is 8.04. The zero-order valence-corrected chi connectivity index (χ0v) is 14.8. The van der Waals surface area contributed by atoms with E-state index in [2.05, 4.69) is 10.3 Å². The zero-order chi connectivity index (χ0) is 18.7. The molecular formula is C16H22F3N3O2S. The van der Waals surface area contributed by atoms with Gasteiger partial charge in [-0.15, -0.1) is 0 Å². The summed E-state index contributed by atoms with van der Waals surface area (Å²) in [5.41, 5.74) is 4.86. The second-order valence-electron chi connectivity index (χ2n) is 6.28. The maximum absolute atomic E-state index is 13.1. The first-order valence-corrected chi connectivity index (χ1v) is 9.93. The number of benzene rings is 1. The summed E-state index contributed by atoms with van der Waals surface area (Å²) < 4.78 is 62.5. The normalized spacial score (nSPS) is 17.5. The fraction of sp³-hybridized carbons (Fsp3) is 0.562. The average molecular weight is 377 g/mol. The number of rotatable bonds is 4. The lowest BCUT2D eigenvalue weighted by atomic mass is 9.96. The summed E-state index contributed by atoms with van der Waals surface area (Å²) in [5, 5.41) is 3.08. The van der Waals surface area contributed by atoms with E-state index in [1.54, 1.807) is 0 Å². The van der Waals surface area contributed by atoms with Crippen LogP contribution in [0, 0.1) is 0 Å². The van der Waals surface area contributed by atoms with Gasteiger partial charge in [0.15, 0.2) is 15.8 Å². The van der Waals surface area contributed by atoms with Crippen molar-refractivity contribution in [2.24, 2.45) is 10.7 Å². The van der Waals surface area contributed by atoms with E-state index in [0.29, 0.717) is 0 Å². The minimum absolute atomic E-state index is 0.0569. The highest BCUT2D eigenvalue weighted by molar-refractivity contribution is 7.90. The van der Waals surface area contributed by atoms with Gasteiger partial charge in [-0.1, -0.05) is 25.3 Å². The number of hydrogen-bond acceptors (Lipinski definition) is 3. The molecule has 0 bridgehead atoms. The maximum atomic E-state index is 13.1. The van der Waals surface area contributed by atoms with E-state index in [0.717, 1.165) is 44.1 Å². The van der Waals surface area contributed by atoms with E-state index in [9.17, 15) is 21.6 Å². The van der Waals surface area contributed by atoms with Crippen molar-refractivity contribution >= 4 is 15.8 Å². The van der Waals surface area contributed by atoms with Gasteiger partial charge in [-0.25, -0.2) is 13.4 Å². The third-order valence-electron chi connectivity index (χ3n) is 4.14. The summed E-state index contributed by atoms with van der Waals surface area (Å²) in [6.45, 7) is -0.0569. The van der Waals surface area contributed by atoms with Crippen molar-refractivity contribution in [3.63, 3.8) is 0 Å². The molecule has 9 heteroatoms. The number of sulfone groups is 1. The summed E-state index contributed by atoms with van der Waals surface area (Å²) >= 11 is 0. The molecule has 0 spiro atoms. The number of alkyl halides is 3. The summed E-state index contributed by atoms with van der Waals surface area (Å²) in [5.74, 6) is 0.188. The Morgan fingerprint density at radius 1 is 1.28 bits per heavy atom. The number of nitrogens with zero attached hydrogens (tertiary/aromatic N) is 1. The molecule has 1 saturated carbocycles. The van der Waals surface area contributed by atoms with Crippen LogP contribution in [0.25, 0.3) is 0 Å². The van der Waals surface area contributed by atoms with Crippen molar-refractivity contribution in [1.82, 2.24) is 5.32 Å². The van der Waals surface area contributed by atoms with E-state index < -0.39 is 26.5 Å². The zero-order valence-electron chi connectivity index (χ0n) is 13.9. The monoisotopic (exact) mass is 377 g/mol. The third-order valence-corrected chi connectivity index (χ3v) is 5.29. The van der Waals surface area contributed by atoms with Gasteiger partial charge in [-0.2, -0.15) is 13.2 Å². The van der Waals surface area contributed by atoms with Gasteiger partial charge in [0.05, 0.1) is 17.0 Å². The van der Waals surface area contributed by atoms with Crippen LogP contribution < -0.4 is 11.1 Å². The smallest absolute Gasteiger partial charge is 0.370 e. The highest BCUT2D eigenvalue weighted by Crippen LogP contribution is 2.35. The van der Waals surface area contributed by atoms with Gasteiger partial charge >= 0.3 is 6.18 Å². The molecule has 0 aliphatic heterocycles. The molecule has 0 radical (unpaired) electrons. The fourth-order valence-corrected chi connectivity index (χ4v) is 3.79. The first kappa shape index (κ1) is 19.6. The highest BCUT2D eigenvalue weighted by Gasteiger charge is 2.36. The van der Waals surface area contributed by atoms with Crippen molar-refractivity contribution in [3.8, 4) is 0 Å². The van der Waals surface area contributed by atoms with Gasteiger partial charge in [0.2, 0.25) is 0 Å². The molecule has 0 unspecified atom stereocenters. The molecule has 1 aliphatic carbocycles. The second-order valence-corrected chi connectivity index (χ2v) is 8.27. The number of nitrogens with two attached hydrogens (primary N) is 1. The van der Waals surface area contributed by atoms with Crippen molar-refractivity contribution in [2.45, 2.75) is 55.8 Å². The van der Waals surface area contributed by atoms with Crippen molar-refractivity contribution < 1.29 is 21.6 Å². The Balaban J connectivity index is 2.15. The molecule has 140 valence electrons. The van der Waals surface area contributed by atoms with E-state index in [1.165, 1.54) is 12.5 Å². The van der Waals surface area contributed by atoms with Crippen LogP contribution in [0.15, 0.2) is 28.1 Å². The molecule has 2 rings (SSSR count). The Morgan fingerprint density at radius 3 is 2.48 bits per heavy atom. The lowest BCUT2D eigenvalue weighted by Gasteiger charge is -2.23.